The molecule has 11 heteroatoms. The van der Waals surface area contributed by atoms with Crippen molar-refractivity contribution in [3.05, 3.63) is 28.7 Å². The van der Waals surface area contributed by atoms with Gasteiger partial charge in [-0.3, -0.25) is 14.9 Å². The summed E-state index contributed by atoms with van der Waals surface area (Å²) in [5.41, 5.74) is 6.85. The number of para-hydroxylation sites is 1. The maximum atomic E-state index is 12.6. The fourth-order valence-electron chi connectivity index (χ4n) is 2.82. The minimum absolute atomic E-state index is 0. The van der Waals surface area contributed by atoms with E-state index in [1.165, 1.54) is 18.2 Å². The number of benzene rings is 1. The summed E-state index contributed by atoms with van der Waals surface area (Å²) in [6.45, 7) is -0.406. The van der Waals surface area contributed by atoms with Crippen LogP contribution in [0.1, 0.15) is 12.0 Å². The monoisotopic (exact) mass is 423 g/mol. The molecule has 2 saturated heterocycles. The molecule has 148 valence electrons. The van der Waals surface area contributed by atoms with Crippen LogP contribution in [0.15, 0.2) is 23.1 Å². The molecule has 1 atom stereocenters. The van der Waals surface area contributed by atoms with E-state index in [9.17, 15) is 22.8 Å². The van der Waals surface area contributed by atoms with E-state index in [-0.39, 0.29) is 29.1 Å². The summed E-state index contributed by atoms with van der Waals surface area (Å²) in [6, 6.07) is 4.54. The third-order valence-corrected chi connectivity index (χ3v) is 4.70. The Hall–Kier alpha value is -1.91. The van der Waals surface area contributed by atoms with Crippen molar-refractivity contribution in [2.24, 2.45) is 5.73 Å². The van der Waals surface area contributed by atoms with E-state index in [1.54, 1.807) is 6.07 Å². The predicted molar refractivity (Wildman–Crippen MR) is 99.2 cm³/mol. The van der Waals surface area contributed by atoms with E-state index in [1.807, 2.05) is 4.90 Å². The lowest BCUT2D eigenvalue weighted by Gasteiger charge is -2.24. The van der Waals surface area contributed by atoms with Gasteiger partial charge in [-0.15, -0.1) is 12.4 Å². The smallest absolute Gasteiger partial charge is 0.422 e. The molecule has 2 aliphatic rings. The maximum absolute atomic E-state index is 12.6. The quantitative estimate of drug-likeness (QED) is 0.724. The Balaban J connectivity index is 0.00000261. The lowest BCUT2D eigenvalue weighted by Crippen LogP contribution is -2.28. The number of carbonyl (C=O) groups is 2. The normalized spacial score (nSPS) is 21.4. The molecular formula is C16H17ClF3N3O3S. The fraction of sp³-hybridized carbons (Fsp3) is 0.375. The second-order valence-electron chi connectivity index (χ2n) is 5.94. The van der Waals surface area contributed by atoms with Crippen molar-refractivity contribution in [1.82, 2.24) is 5.32 Å². The number of alkyl halides is 3. The summed E-state index contributed by atoms with van der Waals surface area (Å²) in [4.78, 5) is 25.1. The number of nitrogens with one attached hydrogen (secondary N) is 1. The first-order valence-electron chi connectivity index (χ1n) is 7.81. The Bertz CT molecular complexity index is 773. The number of nitrogens with zero attached hydrogens (tertiary/aromatic N) is 1. The molecule has 3 rings (SSSR count). The number of halogens is 4. The van der Waals surface area contributed by atoms with E-state index >= 15 is 0 Å². The van der Waals surface area contributed by atoms with Crippen molar-refractivity contribution in [2.45, 2.75) is 18.6 Å². The largest absolute Gasteiger partial charge is 0.482 e. The Kier molecular flexibility index (Phi) is 6.66. The Morgan fingerprint density at radius 1 is 1.37 bits per heavy atom. The number of hydrogen-bond donors (Lipinski definition) is 2. The first kappa shape index (κ1) is 21.4. The van der Waals surface area contributed by atoms with Crippen molar-refractivity contribution >= 4 is 47.1 Å². The molecule has 2 fully saturated rings. The molecule has 2 amide bonds. The second kappa shape index (κ2) is 8.41. The molecule has 1 aromatic rings. The Morgan fingerprint density at radius 2 is 2.11 bits per heavy atom. The van der Waals surface area contributed by atoms with Crippen LogP contribution >= 0.6 is 24.2 Å². The summed E-state index contributed by atoms with van der Waals surface area (Å²) in [7, 11) is 0. The Morgan fingerprint density at radius 3 is 2.67 bits per heavy atom. The number of amides is 2. The average molecular weight is 424 g/mol. The topological polar surface area (TPSA) is 84.7 Å². The molecule has 2 aliphatic heterocycles. The minimum Gasteiger partial charge on any atom is -0.482 e. The van der Waals surface area contributed by atoms with Crippen LogP contribution in [-0.4, -0.2) is 43.1 Å². The highest BCUT2D eigenvalue weighted by atomic mass is 35.5. The number of imide groups is 1. The van der Waals surface area contributed by atoms with Gasteiger partial charge in [0.1, 0.15) is 5.75 Å². The fourth-order valence-corrected chi connectivity index (χ4v) is 3.50. The lowest BCUT2D eigenvalue weighted by atomic mass is 10.1. The molecule has 0 aliphatic carbocycles. The molecule has 27 heavy (non-hydrogen) atoms. The van der Waals surface area contributed by atoms with Gasteiger partial charge in [0.15, 0.2) is 6.61 Å². The van der Waals surface area contributed by atoms with Gasteiger partial charge < -0.3 is 15.4 Å². The van der Waals surface area contributed by atoms with E-state index in [4.69, 9.17) is 10.5 Å². The standard InChI is InChI=1S/C16H16F3N3O3S.ClH/c17-16(18,19)8-25-11-3-1-2-9(6-12-14(23)21-15(24)26-12)13(11)22-5-4-10(20)7-22;/h1-3,6,10H,4-5,7-8,20H2,(H,21,23,24);1H/b12-6+;. The molecule has 0 aromatic heterocycles. The second-order valence-corrected chi connectivity index (χ2v) is 6.96. The zero-order valence-electron chi connectivity index (χ0n) is 13.9. The third-order valence-electron chi connectivity index (χ3n) is 3.89. The third kappa shape index (κ3) is 5.30. The molecule has 3 N–H and O–H groups in total. The molecule has 0 bridgehead atoms. The van der Waals surface area contributed by atoms with Gasteiger partial charge in [0.2, 0.25) is 0 Å². The number of anilines is 1. The summed E-state index contributed by atoms with van der Waals surface area (Å²) < 4.78 is 42.7. The molecule has 2 heterocycles. The van der Waals surface area contributed by atoms with Crippen molar-refractivity contribution in [2.75, 3.05) is 24.6 Å². The number of ether oxygens (including phenoxy) is 1. The van der Waals surface area contributed by atoms with Gasteiger partial charge in [0.25, 0.3) is 11.1 Å². The van der Waals surface area contributed by atoms with Crippen LogP contribution in [0.4, 0.5) is 23.7 Å². The van der Waals surface area contributed by atoms with E-state index in [2.05, 4.69) is 5.32 Å². The van der Waals surface area contributed by atoms with E-state index in [0.717, 1.165) is 11.8 Å². The van der Waals surface area contributed by atoms with Crippen molar-refractivity contribution in [1.29, 1.82) is 0 Å². The number of hydrogen-bond acceptors (Lipinski definition) is 6. The maximum Gasteiger partial charge on any atom is 0.422 e. The number of rotatable bonds is 4. The number of carbonyl (C=O) groups excluding carboxylic acids is 2. The predicted octanol–water partition coefficient (Wildman–Crippen LogP) is 2.91. The van der Waals surface area contributed by atoms with Gasteiger partial charge in [-0.1, -0.05) is 12.1 Å². The Labute approximate surface area is 163 Å². The van der Waals surface area contributed by atoms with Crippen molar-refractivity contribution in [3.63, 3.8) is 0 Å². The molecule has 1 aromatic carbocycles. The highest BCUT2D eigenvalue weighted by Gasteiger charge is 2.31. The highest BCUT2D eigenvalue weighted by molar-refractivity contribution is 8.18. The molecule has 0 saturated carbocycles. The minimum atomic E-state index is -4.47. The van der Waals surface area contributed by atoms with Crippen LogP contribution in [0, 0.1) is 0 Å². The number of nitrogens with two attached hydrogens (primary N) is 1. The molecule has 1 unspecified atom stereocenters. The summed E-state index contributed by atoms with van der Waals surface area (Å²) >= 11 is 0.741. The van der Waals surface area contributed by atoms with Crippen LogP contribution in [0.2, 0.25) is 0 Å². The average Bonchev–Trinajstić information content (AvgIpc) is 3.10. The summed E-state index contributed by atoms with van der Waals surface area (Å²) in [5, 5.41) is 1.66. The van der Waals surface area contributed by atoms with Crippen molar-refractivity contribution in [3.8, 4) is 5.75 Å². The summed E-state index contributed by atoms with van der Waals surface area (Å²) in [5.74, 6) is -0.480. The van der Waals surface area contributed by atoms with Crippen LogP contribution < -0.4 is 20.7 Å². The molecule has 0 radical (unpaired) electrons. The van der Waals surface area contributed by atoms with Gasteiger partial charge in [0.05, 0.1) is 10.6 Å². The van der Waals surface area contributed by atoms with Gasteiger partial charge in [-0.25, -0.2) is 0 Å². The first-order chi connectivity index (χ1) is 12.2. The van der Waals surface area contributed by atoms with Gasteiger partial charge >= 0.3 is 6.18 Å². The van der Waals surface area contributed by atoms with Crippen LogP contribution in [0.25, 0.3) is 6.08 Å². The number of thioether (sulfide) groups is 1. The zero-order chi connectivity index (χ0) is 18.9. The van der Waals surface area contributed by atoms with E-state index < -0.39 is 23.9 Å². The SMILES string of the molecule is Cl.NC1CCN(c2c(/C=C3/SC(=O)NC3=O)cccc2OCC(F)(F)F)C1. The van der Waals surface area contributed by atoms with Crippen LogP contribution in [0.5, 0.6) is 5.75 Å². The van der Waals surface area contributed by atoms with Crippen molar-refractivity contribution < 1.29 is 27.5 Å². The first-order valence-corrected chi connectivity index (χ1v) is 8.62. The molecular weight excluding hydrogens is 407 g/mol. The van der Waals surface area contributed by atoms with Gasteiger partial charge in [-0.2, -0.15) is 13.2 Å². The molecule has 0 spiro atoms. The van der Waals surface area contributed by atoms with Gasteiger partial charge in [-0.05, 0) is 30.3 Å². The van der Waals surface area contributed by atoms with Crippen LogP contribution in [0.3, 0.4) is 0 Å². The van der Waals surface area contributed by atoms with Crippen LogP contribution in [-0.2, 0) is 4.79 Å². The highest BCUT2D eigenvalue weighted by Crippen LogP contribution is 2.38. The lowest BCUT2D eigenvalue weighted by molar-refractivity contribution is -0.153. The summed E-state index contributed by atoms with van der Waals surface area (Å²) in [6.07, 6.45) is -2.30. The zero-order valence-corrected chi connectivity index (χ0v) is 15.5. The molecule has 6 nitrogen and oxygen atoms in total. The van der Waals surface area contributed by atoms with E-state index in [0.29, 0.717) is 30.8 Å². The van der Waals surface area contributed by atoms with Gasteiger partial charge in [0, 0.05) is 24.7 Å².